The van der Waals surface area contributed by atoms with E-state index in [1.807, 2.05) is 0 Å². The molecule has 0 unspecified atom stereocenters. The van der Waals surface area contributed by atoms with Gasteiger partial charge in [0, 0.05) is 22.6 Å². The quantitative estimate of drug-likeness (QED) is 0.686. The van der Waals surface area contributed by atoms with E-state index < -0.39 is 12.1 Å². The normalized spacial score (nSPS) is 14.4. The number of ketones is 1. The maximum Gasteiger partial charge on any atom is 0.573 e. The van der Waals surface area contributed by atoms with Crippen LogP contribution in [0.3, 0.4) is 0 Å². The maximum absolute atomic E-state index is 12.6. The summed E-state index contributed by atoms with van der Waals surface area (Å²) >= 11 is 5.80. The molecule has 0 saturated carbocycles. The van der Waals surface area contributed by atoms with Crippen LogP contribution in [-0.2, 0) is 4.79 Å². The third-order valence-corrected chi connectivity index (χ3v) is 3.79. The molecular weight excluding hydrogens is 357 g/mol. The van der Waals surface area contributed by atoms with Gasteiger partial charge in [-0.3, -0.25) is 4.79 Å². The lowest BCUT2D eigenvalue weighted by molar-refractivity contribution is -0.274. The number of Topliss-reactive ketones (excluding diaryl/α,β-unsaturated/α-hetero) is 1. The van der Waals surface area contributed by atoms with Crippen molar-refractivity contribution < 1.29 is 27.4 Å². The zero-order valence-corrected chi connectivity index (χ0v) is 13.5. The van der Waals surface area contributed by atoms with Crippen LogP contribution in [0.5, 0.6) is 17.2 Å². The van der Waals surface area contributed by atoms with Crippen LogP contribution in [0.25, 0.3) is 5.57 Å². The first-order valence-corrected chi connectivity index (χ1v) is 7.76. The van der Waals surface area contributed by atoms with Gasteiger partial charge in [-0.25, -0.2) is 0 Å². The van der Waals surface area contributed by atoms with Crippen molar-refractivity contribution in [2.24, 2.45) is 0 Å². The average Bonchev–Trinajstić information content (AvgIpc) is 2.96. The smallest absolute Gasteiger partial charge is 0.457 e. The molecule has 7 heteroatoms. The number of ether oxygens (including phenoxy) is 2. The molecule has 0 saturated heterocycles. The average molecular weight is 369 g/mol. The molecule has 130 valence electrons. The number of rotatable bonds is 4. The Morgan fingerprint density at radius 1 is 1.00 bits per heavy atom. The van der Waals surface area contributed by atoms with Gasteiger partial charge in [-0.15, -0.1) is 13.2 Å². The molecule has 0 atom stereocenters. The van der Waals surface area contributed by atoms with Gasteiger partial charge in [0.25, 0.3) is 0 Å². The van der Waals surface area contributed by atoms with Gasteiger partial charge in [0.2, 0.25) is 0 Å². The SMILES string of the molecule is O=C1CCC=C1c1cc(Oc2ccc(Cl)cc2)ccc1OC(F)(F)F. The van der Waals surface area contributed by atoms with Crippen LogP contribution in [-0.4, -0.2) is 12.1 Å². The van der Waals surface area contributed by atoms with E-state index in [1.165, 1.54) is 12.1 Å². The van der Waals surface area contributed by atoms with Crippen molar-refractivity contribution in [2.45, 2.75) is 19.2 Å². The van der Waals surface area contributed by atoms with E-state index in [0.717, 1.165) is 6.07 Å². The molecule has 0 N–H and O–H groups in total. The van der Waals surface area contributed by atoms with Crippen molar-refractivity contribution in [3.8, 4) is 17.2 Å². The van der Waals surface area contributed by atoms with E-state index in [-0.39, 0.29) is 29.1 Å². The number of hydrogen-bond acceptors (Lipinski definition) is 3. The maximum atomic E-state index is 12.6. The second-order valence-corrected chi connectivity index (χ2v) is 5.78. The standard InChI is InChI=1S/C18H12ClF3O3/c19-11-4-6-12(7-5-11)24-13-8-9-17(25-18(20,21)22)15(10-13)14-2-1-3-16(14)23/h2,4-10H,1,3H2. The minimum absolute atomic E-state index is 0.0614. The fourth-order valence-electron chi connectivity index (χ4n) is 2.49. The molecule has 1 aliphatic carbocycles. The van der Waals surface area contributed by atoms with Gasteiger partial charge in [-0.1, -0.05) is 17.7 Å². The molecule has 0 heterocycles. The summed E-state index contributed by atoms with van der Waals surface area (Å²) in [5, 5.41) is 0.531. The molecule has 3 nitrogen and oxygen atoms in total. The Morgan fingerprint density at radius 2 is 1.68 bits per heavy atom. The topological polar surface area (TPSA) is 35.5 Å². The Balaban J connectivity index is 1.96. The highest BCUT2D eigenvalue weighted by Gasteiger charge is 2.33. The first-order valence-electron chi connectivity index (χ1n) is 7.39. The third kappa shape index (κ3) is 4.33. The van der Waals surface area contributed by atoms with Crippen LogP contribution in [0.4, 0.5) is 13.2 Å². The molecule has 0 aromatic heterocycles. The molecular formula is C18H12ClF3O3. The molecule has 0 fully saturated rings. The molecule has 2 aromatic rings. The van der Waals surface area contributed by atoms with Crippen LogP contribution >= 0.6 is 11.6 Å². The van der Waals surface area contributed by atoms with Crippen LogP contribution in [0.1, 0.15) is 18.4 Å². The minimum Gasteiger partial charge on any atom is -0.457 e. The van der Waals surface area contributed by atoms with Crippen LogP contribution < -0.4 is 9.47 Å². The van der Waals surface area contributed by atoms with Crippen molar-refractivity contribution in [3.63, 3.8) is 0 Å². The monoisotopic (exact) mass is 368 g/mol. The molecule has 0 radical (unpaired) electrons. The number of carbonyl (C=O) groups excluding carboxylic acids is 1. The first-order chi connectivity index (χ1) is 11.8. The lowest BCUT2D eigenvalue weighted by atomic mass is 10.0. The van der Waals surface area contributed by atoms with Gasteiger partial charge in [0.15, 0.2) is 5.78 Å². The summed E-state index contributed by atoms with van der Waals surface area (Å²) in [5.74, 6) is 0.0899. The Hall–Kier alpha value is -2.47. The molecule has 0 bridgehead atoms. The molecule has 0 aliphatic heterocycles. The van der Waals surface area contributed by atoms with Crippen LogP contribution in [0.2, 0.25) is 5.02 Å². The Bertz CT molecular complexity index is 826. The summed E-state index contributed by atoms with van der Waals surface area (Å²) < 4.78 is 47.5. The highest BCUT2D eigenvalue weighted by atomic mass is 35.5. The molecule has 25 heavy (non-hydrogen) atoms. The molecule has 0 amide bonds. The molecule has 0 spiro atoms. The van der Waals surface area contributed by atoms with E-state index in [2.05, 4.69) is 4.74 Å². The Morgan fingerprint density at radius 3 is 2.28 bits per heavy atom. The summed E-state index contributed by atoms with van der Waals surface area (Å²) in [7, 11) is 0. The zero-order valence-electron chi connectivity index (χ0n) is 12.8. The van der Waals surface area contributed by atoms with Crippen molar-refractivity contribution in [1.82, 2.24) is 0 Å². The van der Waals surface area contributed by atoms with Crippen LogP contribution in [0, 0.1) is 0 Å². The van der Waals surface area contributed by atoms with Gasteiger partial charge in [0.1, 0.15) is 17.2 Å². The largest absolute Gasteiger partial charge is 0.573 e. The Kier molecular flexibility index (Phi) is 4.72. The van der Waals surface area contributed by atoms with Gasteiger partial charge >= 0.3 is 6.36 Å². The fraction of sp³-hybridized carbons (Fsp3) is 0.167. The summed E-state index contributed by atoms with van der Waals surface area (Å²) in [6.07, 6.45) is -2.49. The molecule has 3 rings (SSSR count). The third-order valence-electron chi connectivity index (χ3n) is 3.54. The number of halogens is 4. The second kappa shape index (κ2) is 6.80. The summed E-state index contributed by atoms with van der Waals surface area (Å²) in [6.45, 7) is 0. The Labute approximate surface area is 146 Å². The van der Waals surface area contributed by atoms with Gasteiger partial charge < -0.3 is 9.47 Å². The summed E-state index contributed by atoms with van der Waals surface area (Å²) in [5.41, 5.74) is 0.270. The summed E-state index contributed by atoms with van der Waals surface area (Å²) in [6, 6.07) is 10.4. The molecule has 2 aromatic carbocycles. The van der Waals surface area contributed by atoms with Gasteiger partial charge in [-0.05, 0) is 48.9 Å². The van der Waals surface area contributed by atoms with Gasteiger partial charge in [-0.2, -0.15) is 0 Å². The van der Waals surface area contributed by atoms with E-state index in [4.69, 9.17) is 16.3 Å². The number of carbonyl (C=O) groups is 1. The lowest BCUT2D eigenvalue weighted by Crippen LogP contribution is -2.18. The van der Waals surface area contributed by atoms with E-state index in [1.54, 1.807) is 30.3 Å². The predicted molar refractivity (Wildman–Crippen MR) is 86.9 cm³/mol. The van der Waals surface area contributed by atoms with Crippen molar-refractivity contribution in [3.05, 3.63) is 59.1 Å². The highest BCUT2D eigenvalue weighted by molar-refractivity contribution is 6.30. The van der Waals surface area contributed by atoms with Crippen molar-refractivity contribution in [2.75, 3.05) is 0 Å². The molecule has 1 aliphatic rings. The van der Waals surface area contributed by atoms with Crippen molar-refractivity contribution in [1.29, 1.82) is 0 Å². The highest BCUT2D eigenvalue weighted by Crippen LogP contribution is 2.38. The number of allylic oxidation sites excluding steroid dienone is 2. The second-order valence-electron chi connectivity index (χ2n) is 5.34. The minimum atomic E-state index is -4.85. The van der Waals surface area contributed by atoms with Gasteiger partial charge in [0.05, 0.1) is 0 Å². The van der Waals surface area contributed by atoms with Crippen molar-refractivity contribution >= 4 is 23.0 Å². The fourth-order valence-corrected chi connectivity index (χ4v) is 2.62. The van der Waals surface area contributed by atoms with E-state index in [9.17, 15) is 18.0 Å². The van der Waals surface area contributed by atoms with E-state index in [0.29, 0.717) is 17.2 Å². The number of hydrogen-bond donors (Lipinski definition) is 0. The predicted octanol–water partition coefficient (Wildman–Crippen LogP) is 5.78. The first kappa shape index (κ1) is 17.4. The van der Waals surface area contributed by atoms with Crippen LogP contribution in [0.15, 0.2) is 48.5 Å². The van der Waals surface area contributed by atoms with E-state index >= 15 is 0 Å². The zero-order chi connectivity index (χ0) is 18.0. The number of alkyl halides is 3. The number of benzene rings is 2. The lowest BCUT2D eigenvalue weighted by Gasteiger charge is -2.15. The summed E-state index contributed by atoms with van der Waals surface area (Å²) in [4.78, 5) is 11.9.